The molecule has 1 aromatic carbocycles. The number of alkyl carbamates (subject to hydrolysis) is 1. The molecule has 0 bridgehead atoms. The Kier molecular flexibility index (Phi) is 7.32. The highest BCUT2D eigenvalue weighted by Crippen LogP contribution is 2.30. The van der Waals surface area contributed by atoms with Crippen molar-refractivity contribution < 1.29 is 27.8 Å². The molecule has 1 amide bonds. The molecule has 11 heteroatoms. The lowest BCUT2D eigenvalue weighted by Crippen LogP contribution is -2.53. The number of ether oxygens (including phenoxy) is 3. The second-order valence-electron chi connectivity index (χ2n) is 6.81. The SMILES string of the molecule is COCCOC1CN(c2ncc(-c3cccc(COC(=O)NC(=N)N)c3F)cc2F)C1. The van der Waals surface area contributed by atoms with Crippen molar-refractivity contribution in [1.82, 2.24) is 10.3 Å². The van der Waals surface area contributed by atoms with Crippen LogP contribution >= 0.6 is 0 Å². The zero-order valence-corrected chi connectivity index (χ0v) is 16.9. The molecule has 1 aliphatic rings. The van der Waals surface area contributed by atoms with E-state index in [9.17, 15) is 13.6 Å². The number of benzene rings is 1. The first-order valence-corrected chi connectivity index (χ1v) is 9.45. The van der Waals surface area contributed by atoms with Gasteiger partial charge in [0.1, 0.15) is 12.4 Å². The summed E-state index contributed by atoms with van der Waals surface area (Å²) in [6.07, 6.45) is 0.405. The number of carbonyl (C=O) groups excluding carboxylic acids is 1. The molecule has 166 valence electrons. The molecular formula is C20H23F2N5O4. The summed E-state index contributed by atoms with van der Waals surface area (Å²) in [5.74, 6) is -1.65. The van der Waals surface area contributed by atoms with Gasteiger partial charge in [0.15, 0.2) is 17.6 Å². The second-order valence-corrected chi connectivity index (χ2v) is 6.81. The van der Waals surface area contributed by atoms with E-state index in [0.29, 0.717) is 26.3 Å². The summed E-state index contributed by atoms with van der Waals surface area (Å²) >= 11 is 0. The van der Waals surface area contributed by atoms with Crippen molar-refractivity contribution in [2.24, 2.45) is 5.73 Å². The molecule has 0 aliphatic carbocycles. The van der Waals surface area contributed by atoms with Gasteiger partial charge in [-0.3, -0.25) is 10.7 Å². The fraction of sp³-hybridized carbons (Fsp3) is 0.350. The maximum absolute atomic E-state index is 14.9. The number of anilines is 1. The smallest absolute Gasteiger partial charge is 0.414 e. The molecule has 9 nitrogen and oxygen atoms in total. The molecule has 1 saturated heterocycles. The van der Waals surface area contributed by atoms with Crippen LogP contribution in [0.3, 0.4) is 0 Å². The molecule has 3 rings (SSSR count). The first-order valence-electron chi connectivity index (χ1n) is 9.45. The van der Waals surface area contributed by atoms with Gasteiger partial charge in [-0.2, -0.15) is 0 Å². The summed E-state index contributed by atoms with van der Waals surface area (Å²) in [5, 5.41) is 8.89. The van der Waals surface area contributed by atoms with E-state index in [4.69, 9.17) is 25.4 Å². The lowest BCUT2D eigenvalue weighted by molar-refractivity contribution is 0.00356. The first-order chi connectivity index (χ1) is 14.9. The molecule has 0 spiro atoms. The average Bonchev–Trinajstić information content (AvgIpc) is 2.69. The van der Waals surface area contributed by atoms with Crippen LogP contribution in [0.25, 0.3) is 11.1 Å². The van der Waals surface area contributed by atoms with Crippen molar-refractivity contribution in [2.75, 3.05) is 38.3 Å². The van der Waals surface area contributed by atoms with Crippen molar-refractivity contribution >= 4 is 17.9 Å². The van der Waals surface area contributed by atoms with Gasteiger partial charge in [-0.1, -0.05) is 18.2 Å². The summed E-state index contributed by atoms with van der Waals surface area (Å²) in [6, 6.07) is 5.69. The van der Waals surface area contributed by atoms with Crippen LogP contribution in [0.1, 0.15) is 5.56 Å². The standard InChI is InChI=1S/C20H23F2N5O4/c1-29-5-6-30-14-9-27(10-14)18-16(21)7-13(8-25-18)15-4-2-3-12(17(15)22)11-31-20(28)26-19(23)24/h2-4,7-8,14H,5-6,9-11H2,1H3,(H4,23,24,26,28). The number of hydrogen-bond donors (Lipinski definition) is 3. The number of aromatic nitrogens is 1. The van der Waals surface area contributed by atoms with Gasteiger partial charge in [0.05, 0.1) is 19.3 Å². The number of hydrogen-bond acceptors (Lipinski definition) is 7. The van der Waals surface area contributed by atoms with Gasteiger partial charge < -0.3 is 24.8 Å². The minimum absolute atomic E-state index is 0.00893. The lowest BCUT2D eigenvalue weighted by atomic mass is 10.0. The third kappa shape index (κ3) is 5.64. The van der Waals surface area contributed by atoms with Crippen molar-refractivity contribution in [2.45, 2.75) is 12.7 Å². The van der Waals surface area contributed by atoms with Gasteiger partial charge in [0.2, 0.25) is 0 Å². The fourth-order valence-electron chi connectivity index (χ4n) is 3.03. The normalized spacial score (nSPS) is 13.6. The van der Waals surface area contributed by atoms with E-state index in [-0.39, 0.29) is 35.2 Å². The molecule has 4 N–H and O–H groups in total. The van der Waals surface area contributed by atoms with Gasteiger partial charge >= 0.3 is 6.09 Å². The highest BCUT2D eigenvalue weighted by Gasteiger charge is 2.30. The van der Waals surface area contributed by atoms with E-state index in [2.05, 4.69) is 4.98 Å². The van der Waals surface area contributed by atoms with Gasteiger partial charge in [-0.25, -0.2) is 18.6 Å². The molecule has 2 heterocycles. The number of guanidine groups is 1. The molecule has 1 aromatic heterocycles. The van der Waals surface area contributed by atoms with Crippen LogP contribution in [0.5, 0.6) is 0 Å². The number of rotatable bonds is 8. The van der Waals surface area contributed by atoms with Crippen molar-refractivity contribution in [3.8, 4) is 11.1 Å². The third-order valence-electron chi connectivity index (χ3n) is 4.60. The monoisotopic (exact) mass is 435 g/mol. The zero-order chi connectivity index (χ0) is 22.4. The van der Waals surface area contributed by atoms with Crippen LogP contribution in [0.4, 0.5) is 19.4 Å². The number of nitrogens with zero attached hydrogens (tertiary/aromatic N) is 2. The van der Waals surface area contributed by atoms with E-state index in [1.807, 2.05) is 5.32 Å². The molecule has 0 radical (unpaired) electrons. The predicted molar refractivity (Wildman–Crippen MR) is 109 cm³/mol. The van der Waals surface area contributed by atoms with Crippen LogP contribution in [0.2, 0.25) is 0 Å². The Morgan fingerprint density at radius 3 is 2.81 bits per heavy atom. The first kappa shape index (κ1) is 22.4. The number of pyridine rings is 1. The molecule has 2 aromatic rings. The topological polar surface area (TPSA) is 123 Å². The molecule has 1 aliphatic heterocycles. The molecule has 0 saturated carbocycles. The average molecular weight is 435 g/mol. The van der Waals surface area contributed by atoms with Gasteiger partial charge in [-0.05, 0) is 6.07 Å². The molecule has 31 heavy (non-hydrogen) atoms. The Morgan fingerprint density at radius 1 is 1.35 bits per heavy atom. The minimum atomic E-state index is -0.978. The molecule has 0 unspecified atom stereocenters. The highest BCUT2D eigenvalue weighted by atomic mass is 19.1. The van der Waals surface area contributed by atoms with E-state index in [1.165, 1.54) is 24.4 Å². The number of carbonyl (C=O) groups is 1. The molecular weight excluding hydrogens is 412 g/mol. The number of methoxy groups -OCH3 is 1. The second kappa shape index (κ2) is 10.1. The third-order valence-corrected chi connectivity index (χ3v) is 4.60. The van der Waals surface area contributed by atoms with E-state index >= 15 is 0 Å². The van der Waals surface area contributed by atoms with Crippen LogP contribution in [0, 0.1) is 17.0 Å². The summed E-state index contributed by atoms with van der Waals surface area (Å²) in [7, 11) is 1.59. The lowest BCUT2D eigenvalue weighted by Gasteiger charge is -2.39. The Morgan fingerprint density at radius 2 is 2.13 bits per heavy atom. The van der Waals surface area contributed by atoms with Gasteiger partial charge in [-0.15, -0.1) is 0 Å². The maximum Gasteiger partial charge on any atom is 0.414 e. The van der Waals surface area contributed by atoms with Crippen molar-refractivity contribution in [3.63, 3.8) is 0 Å². The maximum atomic E-state index is 14.9. The summed E-state index contributed by atoms with van der Waals surface area (Å²) < 4.78 is 44.8. The number of amides is 1. The summed E-state index contributed by atoms with van der Waals surface area (Å²) in [6.45, 7) is 1.60. The fourth-order valence-corrected chi connectivity index (χ4v) is 3.03. The van der Waals surface area contributed by atoms with Gasteiger partial charge in [0, 0.05) is 43.1 Å². The number of nitrogens with one attached hydrogen (secondary N) is 2. The van der Waals surface area contributed by atoms with Crippen LogP contribution < -0.4 is 16.0 Å². The highest BCUT2D eigenvalue weighted by molar-refractivity contribution is 5.90. The van der Waals surface area contributed by atoms with Crippen LogP contribution in [0.15, 0.2) is 30.5 Å². The predicted octanol–water partition coefficient (Wildman–Crippen LogP) is 2.00. The summed E-state index contributed by atoms with van der Waals surface area (Å²) in [5.41, 5.74) is 5.48. The Balaban J connectivity index is 1.66. The van der Waals surface area contributed by atoms with Crippen LogP contribution in [-0.2, 0) is 20.8 Å². The zero-order valence-electron chi connectivity index (χ0n) is 16.9. The number of nitrogens with two attached hydrogens (primary N) is 1. The van der Waals surface area contributed by atoms with E-state index in [0.717, 1.165) is 0 Å². The minimum Gasteiger partial charge on any atom is -0.444 e. The molecule has 0 atom stereocenters. The largest absolute Gasteiger partial charge is 0.444 e. The van der Waals surface area contributed by atoms with Crippen LogP contribution in [-0.4, -0.2) is 56.6 Å². The summed E-state index contributed by atoms with van der Waals surface area (Å²) in [4.78, 5) is 17.3. The Bertz CT molecular complexity index is 953. The van der Waals surface area contributed by atoms with Crippen molar-refractivity contribution in [1.29, 1.82) is 5.41 Å². The van der Waals surface area contributed by atoms with E-state index < -0.39 is 23.7 Å². The van der Waals surface area contributed by atoms with Gasteiger partial charge in [0.25, 0.3) is 0 Å². The Hall–Kier alpha value is -3.31. The molecule has 1 fully saturated rings. The number of halogens is 2. The van der Waals surface area contributed by atoms with Crippen molar-refractivity contribution in [3.05, 3.63) is 47.7 Å². The Labute approximate surface area is 177 Å². The quantitative estimate of drug-likeness (QED) is 0.329. The van der Waals surface area contributed by atoms with E-state index in [1.54, 1.807) is 18.1 Å².